The molecule has 1 atom stereocenters. The number of ketones is 1. The largest absolute Gasteiger partial charge is 0.503 e. The molecule has 0 saturated heterocycles. The highest BCUT2D eigenvalue weighted by atomic mass is 32.2. The number of ether oxygens (including phenoxy) is 1. The number of aromatic nitrogens is 2. The standard InChI is InChI=1S/C30H25N3O4S2/c1-2-37-23-16-14-22(15-17-23)26-25(24(34)18-13-20-9-5-3-6-10-20)27(35)28(36)33(26)29-31-32-30(39-29)38-19-21-11-7-4-8-12-21/h3-18,26,35H,2,19H2,1H3. The summed E-state index contributed by atoms with van der Waals surface area (Å²) in [6, 6.07) is 25.6. The van der Waals surface area contributed by atoms with E-state index >= 15 is 0 Å². The van der Waals surface area contributed by atoms with Crippen molar-refractivity contribution in [2.45, 2.75) is 23.1 Å². The van der Waals surface area contributed by atoms with Gasteiger partial charge in [0.2, 0.25) is 5.13 Å². The van der Waals surface area contributed by atoms with E-state index in [0.717, 1.165) is 11.1 Å². The Morgan fingerprint density at radius 1 is 1.03 bits per heavy atom. The van der Waals surface area contributed by atoms with Crippen LogP contribution in [0.25, 0.3) is 6.08 Å². The molecule has 196 valence electrons. The molecule has 39 heavy (non-hydrogen) atoms. The first-order valence-corrected chi connectivity index (χ1v) is 14.1. The Labute approximate surface area is 234 Å². The van der Waals surface area contributed by atoms with E-state index in [1.54, 1.807) is 30.3 Å². The topological polar surface area (TPSA) is 92.6 Å². The third-order valence-corrected chi connectivity index (χ3v) is 8.14. The summed E-state index contributed by atoms with van der Waals surface area (Å²) in [5, 5.41) is 19.8. The maximum atomic E-state index is 13.4. The Morgan fingerprint density at radius 2 is 1.72 bits per heavy atom. The van der Waals surface area contributed by atoms with Crippen LogP contribution in [0.4, 0.5) is 5.13 Å². The van der Waals surface area contributed by atoms with Crippen molar-refractivity contribution in [1.82, 2.24) is 10.2 Å². The molecule has 0 fully saturated rings. The highest BCUT2D eigenvalue weighted by molar-refractivity contribution is 8.00. The number of aliphatic hydroxyl groups is 1. The highest BCUT2D eigenvalue weighted by Gasteiger charge is 2.45. The number of nitrogens with zero attached hydrogens (tertiary/aromatic N) is 3. The van der Waals surface area contributed by atoms with Crippen molar-refractivity contribution in [3.05, 3.63) is 119 Å². The summed E-state index contributed by atoms with van der Waals surface area (Å²) in [5.74, 6) is -0.387. The van der Waals surface area contributed by atoms with Crippen molar-refractivity contribution in [1.29, 1.82) is 0 Å². The first-order valence-electron chi connectivity index (χ1n) is 12.3. The van der Waals surface area contributed by atoms with Crippen LogP contribution in [0.5, 0.6) is 5.75 Å². The molecule has 1 aliphatic rings. The molecular formula is C30H25N3O4S2. The van der Waals surface area contributed by atoms with Gasteiger partial charge in [0.25, 0.3) is 5.91 Å². The predicted molar refractivity (Wildman–Crippen MR) is 154 cm³/mol. The van der Waals surface area contributed by atoms with E-state index in [1.807, 2.05) is 67.6 Å². The third-order valence-electron chi connectivity index (χ3n) is 6.01. The molecule has 1 unspecified atom stereocenters. The third kappa shape index (κ3) is 5.94. The Hall–Kier alpha value is -4.21. The van der Waals surface area contributed by atoms with Crippen LogP contribution in [-0.4, -0.2) is 33.6 Å². The van der Waals surface area contributed by atoms with Gasteiger partial charge < -0.3 is 9.84 Å². The van der Waals surface area contributed by atoms with Crippen LogP contribution in [-0.2, 0) is 15.3 Å². The van der Waals surface area contributed by atoms with Crippen molar-refractivity contribution >= 4 is 46.0 Å². The monoisotopic (exact) mass is 555 g/mol. The molecule has 4 aromatic rings. The number of benzene rings is 3. The number of aliphatic hydroxyl groups excluding tert-OH is 1. The lowest BCUT2D eigenvalue weighted by Gasteiger charge is -2.24. The molecule has 0 saturated carbocycles. The van der Waals surface area contributed by atoms with Crippen LogP contribution in [0.2, 0.25) is 0 Å². The molecular weight excluding hydrogens is 530 g/mol. The molecule has 2 heterocycles. The van der Waals surface area contributed by atoms with Crippen LogP contribution in [0, 0.1) is 0 Å². The fraction of sp³-hybridized carbons (Fsp3) is 0.133. The van der Waals surface area contributed by atoms with Gasteiger partial charge in [0, 0.05) is 5.75 Å². The molecule has 1 amide bonds. The minimum atomic E-state index is -0.874. The molecule has 0 bridgehead atoms. The fourth-order valence-corrected chi connectivity index (χ4v) is 6.01. The number of hydrogen-bond acceptors (Lipinski definition) is 8. The molecule has 3 aromatic carbocycles. The molecule has 1 aliphatic heterocycles. The van der Waals surface area contributed by atoms with Crippen molar-refractivity contribution in [2.24, 2.45) is 0 Å². The molecule has 1 aromatic heterocycles. The molecule has 1 N–H and O–H groups in total. The van der Waals surface area contributed by atoms with Gasteiger partial charge in [0.1, 0.15) is 5.75 Å². The van der Waals surface area contributed by atoms with Crippen molar-refractivity contribution in [2.75, 3.05) is 11.5 Å². The number of anilines is 1. The number of carbonyl (C=O) groups is 2. The summed E-state index contributed by atoms with van der Waals surface area (Å²) in [4.78, 5) is 28.2. The summed E-state index contributed by atoms with van der Waals surface area (Å²) in [5.41, 5.74) is 2.60. The minimum absolute atomic E-state index is 0.00923. The van der Waals surface area contributed by atoms with Gasteiger partial charge in [-0.15, -0.1) is 10.2 Å². The zero-order valence-corrected chi connectivity index (χ0v) is 22.7. The van der Waals surface area contributed by atoms with Gasteiger partial charge in [0.05, 0.1) is 18.2 Å². The Bertz CT molecular complexity index is 1520. The van der Waals surface area contributed by atoms with E-state index in [-0.39, 0.29) is 5.57 Å². The molecule has 9 heteroatoms. The summed E-state index contributed by atoms with van der Waals surface area (Å²) in [6.07, 6.45) is 3.04. The zero-order chi connectivity index (χ0) is 27.2. The van der Waals surface area contributed by atoms with Crippen LogP contribution in [0.3, 0.4) is 0 Å². The van der Waals surface area contributed by atoms with E-state index in [1.165, 1.54) is 34.1 Å². The summed E-state index contributed by atoms with van der Waals surface area (Å²) in [7, 11) is 0. The van der Waals surface area contributed by atoms with Gasteiger partial charge in [-0.1, -0.05) is 102 Å². The first kappa shape index (κ1) is 26.4. The van der Waals surface area contributed by atoms with Gasteiger partial charge in [-0.25, -0.2) is 0 Å². The second-order valence-corrected chi connectivity index (χ2v) is 10.8. The van der Waals surface area contributed by atoms with Gasteiger partial charge in [-0.3, -0.25) is 14.5 Å². The van der Waals surface area contributed by atoms with Gasteiger partial charge >= 0.3 is 0 Å². The molecule has 0 aliphatic carbocycles. The second-order valence-electron chi connectivity index (χ2n) is 8.58. The number of rotatable bonds is 10. The molecule has 7 nitrogen and oxygen atoms in total. The normalized spacial score (nSPS) is 15.4. The first-order chi connectivity index (χ1) is 19.0. The maximum absolute atomic E-state index is 13.4. The van der Waals surface area contributed by atoms with E-state index in [4.69, 9.17) is 4.74 Å². The fourth-order valence-electron chi connectivity index (χ4n) is 4.19. The quantitative estimate of drug-likeness (QED) is 0.137. The summed E-state index contributed by atoms with van der Waals surface area (Å²) >= 11 is 2.75. The van der Waals surface area contributed by atoms with E-state index in [9.17, 15) is 14.7 Å². The van der Waals surface area contributed by atoms with Crippen LogP contribution >= 0.6 is 23.1 Å². The number of amides is 1. The lowest BCUT2D eigenvalue weighted by molar-refractivity contribution is -0.117. The van der Waals surface area contributed by atoms with Crippen LogP contribution in [0.1, 0.15) is 29.7 Å². The van der Waals surface area contributed by atoms with E-state index < -0.39 is 23.5 Å². The van der Waals surface area contributed by atoms with Gasteiger partial charge in [-0.2, -0.15) is 0 Å². The summed E-state index contributed by atoms with van der Waals surface area (Å²) in [6.45, 7) is 2.40. The second kappa shape index (κ2) is 12.1. The Kier molecular flexibility index (Phi) is 8.19. The smallest absolute Gasteiger partial charge is 0.296 e. The van der Waals surface area contributed by atoms with Crippen molar-refractivity contribution in [3.63, 3.8) is 0 Å². The minimum Gasteiger partial charge on any atom is -0.503 e. The van der Waals surface area contributed by atoms with Crippen LogP contribution < -0.4 is 9.64 Å². The maximum Gasteiger partial charge on any atom is 0.296 e. The lowest BCUT2D eigenvalue weighted by Crippen LogP contribution is -2.30. The van der Waals surface area contributed by atoms with Crippen molar-refractivity contribution < 1.29 is 19.4 Å². The molecule has 0 radical (unpaired) electrons. The number of carbonyl (C=O) groups excluding carboxylic acids is 2. The Balaban J connectivity index is 1.47. The van der Waals surface area contributed by atoms with Crippen LogP contribution in [0.15, 0.2) is 107 Å². The SMILES string of the molecule is CCOc1ccc(C2C(C(=O)C=Cc3ccccc3)=C(O)C(=O)N2c2nnc(SCc3ccccc3)s2)cc1. The van der Waals surface area contributed by atoms with E-state index in [2.05, 4.69) is 10.2 Å². The average molecular weight is 556 g/mol. The summed E-state index contributed by atoms with van der Waals surface area (Å²) < 4.78 is 6.24. The van der Waals surface area contributed by atoms with E-state index in [0.29, 0.717) is 33.1 Å². The van der Waals surface area contributed by atoms with Gasteiger partial charge in [0.15, 0.2) is 15.9 Å². The number of hydrogen-bond donors (Lipinski definition) is 1. The number of allylic oxidation sites excluding steroid dienone is 1. The van der Waals surface area contributed by atoms with Crippen molar-refractivity contribution in [3.8, 4) is 5.75 Å². The Morgan fingerprint density at radius 3 is 2.41 bits per heavy atom. The highest BCUT2D eigenvalue weighted by Crippen LogP contribution is 2.43. The van der Waals surface area contributed by atoms with Gasteiger partial charge in [-0.05, 0) is 41.8 Å². The molecule has 5 rings (SSSR count). The number of thioether (sulfide) groups is 1. The lowest BCUT2D eigenvalue weighted by atomic mass is 9.95. The predicted octanol–water partition coefficient (Wildman–Crippen LogP) is 6.41. The zero-order valence-electron chi connectivity index (χ0n) is 21.1. The average Bonchev–Trinajstić information content (AvgIpc) is 3.54. The molecule has 0 spiro atoms.